The van der Waals surface area contributed by atoms with Crippen molar-refractivity contribution in [3.63, 3.8) is 0 Å². The van der Waals surface area contributed by atoms with Crippen LogP contribution in [0.15, 0.2) is 18.2 Å². The minimum atomic E-state index is -0.499. The number of hydrogen-bond donors (Lipinski definition) is 2. The molecule has 2 aliphatic rings. The summed E-state index contributed by atoms with van der Waals surface area (Å²) in [6.07, 6.45) is 5.04. The molecule has 3 rings (SSSR count). The first-order chi connectivity index (χ1) is 9.75. The van der Waals surface area contributed by atoms with Crippen LogP contribution >= 0.6 is 0 Å². The number of phenols is 1. The van der Waals surface area contributed by atoms with Gasteiger partial charge in [-0.2, -0.15) is 0 Å². The summed E-state index contributed by atoms with van der Waals surface area (Å²) in [5.41, 5.74) is 1.02. The Kier molecular flexibility index (Phi) is 4.22. The maximum atomic E-state index is 13.7. The number of hydrogen-bond acceptors (Lipinski definition) is 3. The van der Waals surface area contributed by atoms with Crippen LogP contribution in [0.2, 0.25) is 0 Å². The Morgan fingerprint density at radius 1 is 1.20 bits per heavy atom. The van der Waals surface area contributed by atoms with Crippen LogP contribution in [-0.4, -0.2) is 36.2 Å². The summed E-state index contributed by atoms with van der Waals surface area (Å²) in [6.45, 7) is 4.04. The molecule has 0 bridgehead atoms. The van der Waals surface area contributed by atoms with Crippen molar-refractivity contribution in [2.24, 2.45) is 5.92 Å². The molecule has 1 atom stereocenters. The lowest BCUT2D eigenvalue weighted by Gasteiger charge is -2.38. The van der Waals surface area contributed by atoms with Crippen LogP contribution in [0.1, 0.15) is 37.3 Å². The summed E-state index contributed by atoms with van der Waals surface area (Å²) in [5, 5.41) is 12.8. The van der Waals surface area contributed by atoms with Gasteiger partial charge in [-0.05, 0) is 36.5 Å². The molecule has 0 aromatic heterocycles. The monoisotopic (exact) mass is 278 g/mol. The van der Waals surface area contributed by atoms with Crippen molar-refractivity contribution in [2.45, 2.75) is 31.7 Å². The highest BCUT2D eigenvalue weighted by Crippen LogP contribution is 2.40. The van der Waals surface area contributed by atoms with Gasteiger partial charge in [-0.1, -0.05) is 18.9 Å². The van der Waals surface area contributed by atoms with Crippen molar-refractivity contribution in [1.82, 2.24) is 10.2 Å². The molecule has 1 aliphatic heterocycles. The fourth-order valence-corrected chi connectivity index (χ4v) is 3.72. The van der Waals surface area contributed by atoms with Crippen LogP contribution in [0.5, 0.6) is 5.75 Å². The third kappa shape index (κ3) is 2.81. The summed E-state index contributed by atoms with van der Waals surface area (Å²) < 4.78 is 13.7. The van der Waals surface area contributed by atoms with Crippen molar-refractivity contribution in [2.75, 3.05) is 26.2 Å². The minimum absolute atomic E-state index is 0.251. The first-order valence-electron chi connectivity index (χ1n) is 7.69. The van der Waals surface area contributed by atoms with Crippen molar-refractivity contribution in [3.8, 4) is 5.75 Å². The van der Waals surface area contributed by atoms with E-state index in [1.807, 2.05) is 6.07 Å². The van der Waals surface area contributed by atoms with Gasteiger partial charge in [0.05, 0.1) is 0 Å². The SMILES string of the molecule is Oc1ccc([C@@H](C2CCCC2)N2CCNCC2)cc1F. The zero-order valence-electron chi connectivity index (χ0n) is 11.8. The number of nitrogens with one attached hydrogen (secondary N) is 1. The molecule has 4 heteroatoms. The molecule has 1 saturated heterocycles. The molecule has 1 aromatic rings. The molecule has 0 amide bonds. The Labute approximate surface area is 119 Å². The highest BCUT2D eigenvalue weighted by molar-refractivity contribution is 5.30. The van der Waals surface area contributed by atoms with E-state index in [1.54, 1.807) is 0 Å². The molecule has 0 spiro atoms. The Hall–Kier alpha value is -1.13. The van der Waals surface area contributed by atoms with E-state index in [2.05, 4.69) is 10.2 Å². The Morgan fingerprint density at radius 2 is 1.90 bits per heavy atom. The van der Waals surface area contributed by atoms with Gasteiger partial charge in [0, 0.05) is 32.2 Å². The van der Waals surface area contributed by atoms with Gasteiger partial charge in [0.25, 0.3) is 0 Å². The van der Waals surface area contributed by atoms with Gasteiger partial charge in [-0.15, -0.1) is 0 Å². The Balaban J connectivity index is 1.88. The number of piperazine rings is 1. The van der Waals surface area contributed by atoms with Gasteiger partial charge in [0.15, 0.2) is 11.6 Å². The molecule has 110 valence electrons. The Morgan fingerprint density at radius 3 is 2.55 bits per heavy atom. The summed E-state index contributed by atoms with van der Waals surface area (Å²) in [4.78, 5) is 2.48. The largest absolute Gasteiger partial charge is 0.505 e. The second-order valence-electron chi connectivity index (χ2n) is 5.99. The first kappa shape index (κ1) is 13.8. The lowest BCUT2D eigenvalue weighted by atomic mass is 9.89. The van der Waals surface area contributed by atoms with Gasteiger partial charge in [0.2, 0.25) is 0 Å². The number of benzene rings is 1. The second-order valence-corrected chi connectivity index (χ2v) is 5.99. The predicted octanol–water partition coefficient (Wildman–Crippen LogP) is 2.67. The summed E-state index contributed by atoms with van der Waals surface area (Å²) in [7, 11) is 0. The fraction of sp³-hybridized carbons (Fsp3) is 0.625. The summed E-state index contributed by atoms with van der Waals surface area (Å²) >= 11 is 0. The van der Waals surface area contributed by atoms with Crippen molar-refractivity contribution in [1.29, 1.82) is 0 Å². The van der Waals surface area contributed by atoms with E-state index >= 15 is 0 Å². The van der Waals surface area contributed by atoms with Crippen molar-refractivity contribution >= 4 is 0 Å². The van der Waals surface area contributed by atoms with Crippen LogP contribution in [0.3, 0.4) is 0 Å². The number of aromatic hydroxyl groups is 1. The molecule has 3 nitrogen and oxygen atoms in total. The van der Waals surface area contributed by atoms with Gasteiger partial charge in [0.1, 0.15) is 0 Å². The van der Waals surface area contributed by atoms with Crippen molar-refractivity contribution in [3.05, 3.63) is 29.6 Å². The average molecular weight is 278 g/mol. The zero-order chi connectivity index (χ0) is 13.9. The number of halogens is 1. The molecule has 20 heavy (non-hydrogen) atoms. The van der Waals surface area contributed by atoms with Crippen LogP contribution in [-0.2, 0) is 0 Å². The fourth-order valence-electron chi connectivity index (χ4n) is 3.72. The van der Waals surface area contributed by atoms with E-state index in [9.17, 15) is 9.50 Å². The van der Waals surface area contributed by atoms with E-state index < -0.39 is 5.82 Å². The van der Waals surface area contributed by atoms with Crippen LogP contribution in [0, 0.1) is 11.7 Å². The number of nitrogens with zero attached hydrogens (tertiary/aromatic N) is 1. The van der Waals surface area contributed by atoms with Gasteiger partial charge in [-0.3, -0.25) is 4.90 Å². The van der Waals surface area contributed by atoms with Crippen LogP contribution in [0.25, 0.3) is 0 Å². The number of phenolic OH excluding ortho intramolecular Hbond substituents is 1. The van der Waals surface area contributed by atoms with E-state index in [0.717, 1.165) is 31.7 Å². The maximum absolute atomic E-state index is 13.7. The van der Waals surface area contributed by atoms with Crippen LogP contribution in [0.4, 0.5) is 4.39 Å². The second kappa shape index (κ2) is 6.10. The lowest BCUT2D eigenvalue weighted by molar-refractivity contribution is 0.125. The lowest BCUT2D eigenvalue weighted by Crippen LogP contribution is -2.46. The minimum Gasteiger partial charge on any atom is -0.505 e. The van der Waals surface area contributed by atoms with E-state index in [4.69, 9.17) is 0 Å². The molecule has 0 unspecified atom stereocenters. The third-order valence-electron chi connectivity index (χ3n) is 4.70. The topological polar surface area (TPSA) is 35.5 Å². The molecule has 1 aliphatic carbocycles. The molecular formula is C16H23FN2O. The van der Waals surface area contributed by atoms with E-state index in [0.29, 0.717) is 12.0 Å². The smallest absolute Gasteiger partial charge is 0.165 e. The molecule has 1 heterocycles. The highest BCUT2D eigenvalue weighted by atomic mass is 19.1. The van der Waals surface area contributed by atoms with Crippen LogP contribution < -0.4 is 5.32 Å². The van der Waals surface area contributed by atoms with E-state index in [-0.39, 0.29) is 5.75 Å². The number of rotatable bonds is 3. The molecular weight excluding hydrogens is 255 g/mol. The van der Waals surface area contributed by atoms with Crippen molar-refractivity contribution < 1.29 is 9.50 Å². The van der Waals surface area contributed by atoms with Gasteiger partial charge < -0.3 is 10.4 Å². The molecule has 2 N–H and O–H groups in total. The third-order valence-corrected chi connectivity index (χ3v) is 4.70. The average Bonchev–Trinajstić information content (AvgIpc) is 2.98. The predicted molar refractivity (Wildman–Crippen MR) is 77.2 cm³/mol. The quantitative estimate of drug-likeness (QED) is 0.892. The molecule has 1 aromatic carbocycles. The normalized spacial score (nSPS) is 23.1. The highest BCUT2D eigenvalue weighted by Gasteiger charge is 2.32. The molecule has 1 saturated carbocycles. The maximum Gasteiger partial charge on any atom is 0.165 e. The summed E-state index contributed by atoms with van der Waals surface area (Å²) in [5.74, 6) is -0.128. The standard InChI is InChI=1S/C16H23FN2O/c17-14-11-13(5-6-15(14)20)16(12-3-1-2-4-12)19-9-7-18-8-10-19/h5-6,11-12,16,18,20H,1-4,7-10H2/t16-/m1/s1. The Bertz CT molecular complexity index is 454. The van der Waals surface area contributed by atoms with E-state index in [1.165, 1.54) is 37.8 Å². The summed E-state index contributed by atoms with van der Waals surface area (Å²) in [6, 6.07) is 5.22. The van der Waals surface area contributed by atoms with Gasteiger partial charge in [-0.25, -0.2) is 4.39 Å². The molecule has 2 fully saturated rings. The zero-order valence-corrected chi connectivity index (χ0v) is 11.8. The first-order valence-corrected chi connectivity index (χ1v) is 7.69. The molecule has 0 radical (unpaired) electrons. The van der Waals surface area contributed by atoms with Gasteiger partial charge >= 0.3 is 0 Å².